The molecule has 0 aliphatic carbocycles. The minimum atomic E-state index is -0.448. The minimum Gasteiger partial charge on any atom is -0.416 e. The van der Waals surface area contributed by atoms with Gasteiger partial charge in [0.15, 0.2) is 0 Å². The van der Waals surface area contributed by atoms with E-state index in [2.05, 4.69) is 10.2 Å². The number of nitro groups is 1. The number of hydrogen-bond donors (Lipinski definition) is 0. The van der Waals surface area contributed by atoms with Gasteiger partial charge >= 0.3 is 0 Å². The Hall–Kier alpha value is -3.09. The van der Waals surface area contributed by atoms with E-state index in [0.717, 1.165) is 0 Å². The molecule has 0 amide bonds. The zero-order valence-corrected chi connectivity index (χ0v) is 11.5. The second-order valence-electron chi connectivity index (χ2n) is 4.68. The normalized spacial score (nSPS) is 10.6. The maximum Gasteiger partial charge on any atom is 0.272 e. The van der Waals surface area contributed by atoms with Crippen LogP contribution in [-0.4, -0.2) is 15.1 Å². The number of halogens is 1. The molecule has 3 rings (SSSR count). The van der Waals surface area contributed by atoms with E-state index < -0.39 is 4.92 Å². The van der Waals surface area contributed by atoms with Crippen molar-refractivity contribution in [2.24, 2.45) is 0 Å². The maximum absolute atomic E-state index is 12.9. The van der Waals surface area contributed by atoms with Gasteiger partial charge in [0.05, 0.1) is 4.92 Å². The molecule has 2 aromatic carbocycles. The van der Waals surface area contributed by atoms with Crippen LogP contribution in [0.3, 0.4) is 0 Å². The van der Waals surface area contributed by atoms with Crippen LogP contribution in [0.4, 0.5) is 10.1 Å². The first kappa shape index (κ1) is 13.9. The van der Waals surface area contributed by atoms with Crippen LogP contribution in [0, 0.1) is 22.9 Å². The number of nitrogens with zero attached hydrogens (tertiary/aromatic N) is 3. The SMILES string of the molecule is Cc1cc(-c2nnc(-c3ccc(F)cc3)o2)ccc1[N+](=O)[O-]. The summed E-state index contributed by atoms with van der Waals surface area (Å²) in [5.41, 5.74) is 1.72. The van der Waals surface area contributed by atoms with Gasteiger partial charge in [-0.1, -0.05) is 0 Å². The fourth-order valence-electron chi connectivity index (χ4n) is 2.04. The molecule has 6 nitrogen and oxygen atoms in total. The van der Waals surface area contributed by atoms with Gasteiger partial charge in [-0.15, -0.1) is 10.2 Å². The average Bonchev–Trinajstić information content (AvgIpc) is 2.97. The van der Waals surface area contributed by atoms with Gasteiger partial charge in [0, 0.05) is 22.8 Å². The molecule has 3 aromatic rings. The highest BCUT2D eigenvalue weighted by Crippen LogP contribution is 2.27. The smallest absolute Gasteiger partial charge is 0.272 e. The summed E-state index contributed by atoms with van der Waals surface area (Å²) in [5, 5.41) is 18.6. The number of hydrogen-bond acceptors (Lipinski definition) is 5. The van der Waals surface area contributed by atoms with Crippen molar-refractivity contribution in [1.29, 1.82) is 0 Å². The third-order valence-corrected chi connectivity index (χ3v) is 3.16. The first-order chi connectivity index (χ1) is 10.5. The lowest BCUT2D eigenvalue weighted by atomic mass is 10.1. The van der Waals surface area contributed by atoms with Crippen LogP contribution in [0.15, 0.2) is 46.9 Å². The van der Waals surface area contributed by atoms with Crippen LogP contribution in [0.25, 0.3) is 22.9 Å². The largest absolute Gasteiger partial charge is 0.416 e. The van der Waals surface area contributed by atoms with E-state index in [0.29, 0.717) is 16.7 Å². The van der Waals surface area contributed by atoms with Gasteiger partial charge in [-0.05, 0) is 43.3 Å². The molecule has 0 aliphatic heterocycles. The Morgan fingerprint density at radius 2 is 1.64 bits per heavy atom. The molecule has 22 heavy (non-hydrogen) atoms. The molecule has 0 aliphatic rings. The highest BCUT2D eigenvalue weighted by atomic mass is 19.1. The summed E-state index contributed by atoms with van der Waals surface area (Å²) in [6, 6.07) is 10.2. The van der Waals surface area contributed by atoms with Crippen LogP contribution in [-0.2, 0) is 0 Å². The Morgan fingerprint density at radius 1 is 1.05 bits per heavy atom. The van der Waals surface area contributed by atoms with Crippen LogP contribution >= 0.6 is 0 Å². The molecule has 0 spiro atoms. The van der Waals surface area contributed by atoms with Crippen molar-refractivity contribution in [1.82, 2.24) is 10.2 Å². The molecule has 110 valence electrons. The second-order valence-corrected chi connectivity index (χ2v) is 4.68. The molecule has 0 saturated carbocycles. The Kier molecular flexibility index (Phi) is 3.38. The number of aryl methyl sites for hydroxylation is 1. The first-order valence-electron chi connectivity index (χ1n) is 6.39. The van der Waals surface area contributed by atoms with E-state index in [1.165, 1.54) is 30.3 Å². The Morgan fingerprint density at radius 3 is 2.23 bits per heavy atom. The number of nitro benzene ring substituents is 1. The highest BCUT2D eigenvalue weighted by Gasteiger charge is 2.15. The standard InChI is InChI=1S/C15H10FN3O3/c1-9-8-11(4-7-13(9)19(20)21)15-18-17-14(22-15)10-2-5-12(16)6-3-10/h2-8H,1H3. The zero-order chi connectivity index (χ0) is 15.7. The third kappa shape index (κ3) is 2.56. The predicted molar refractivity (Wildman–Crippen MR) is 76.5 cm³/mol. The number of benzene rings is 2. The van der Waals surface area contributed by atoms with Crippen molar-refractivity contribution >= 4 is 5.69 Å². The molecular weight excluding hydrogens is 289 g/mol. The summed E-state index contributed by atoms with van der Waals surface area (Å²) in [4.78, 5) is 10.4. The van der Waals surface area contributed by atoms with Crippen molar-refractivity contribution in [3.8, 4) is 22.9 Å². The van der Waals surface area contributed by atoms with Crippen molar-refractivity contribution in [3.63, 3.8) is 0 Å². The fraction of sp³-hybridized carbons (Fsp3) is 0.0667. The molecule has 0 fully saturated rings. The molecule has 0 N–H and O–H groups in total. The lowest BCUT2D eigenvalue weighted by Crippen LogP contribution is -1.91. The first-order valence-corrected chi connectivity index (χ1v) is 6.39. The van der Waals surface area contributed by atoms with E-state index in [-0.39, 0.29) is 23.3 Å². The Bertz CT molecular complexity index is 843. The summed E-state index contributed by atoms with van der Waals surface area (Å²) < 4.78 is 18.4. The van der Waals surface area contributed by atoms with E-state index in [4.69, 9.17) is 4.42 Å². The summed E-state index contributed by atoms with van der Waals surface area (Å²) in [6.07, 6.45) is 0. The van der Waals surface area contributed by atoms with Gasteiger partial charge in [0.2, 0.25) is 11.8 Å². The van der Waals surface area contributed by atoms with Crippen molar-refractivity contribution < 1.29 is 13.7 Å². The van der Waals surface area contributed by atoms with Crippen molar-refractivity contribution in [2.75, 3.05) is 0 Å². The fourth-order valence-corrected chi connectivity index (χ4v) is 2.04. The third-order valence-electron chi connectivity index (χ3n) is 3.16. The predicted octanol–water partition coefficient (Wildman–Crippen LogP) is 3.76. The Balaban J connectivity index is 1.95. The van der Waals surface area contributed by atoms with Gasteiger partial charge < -0.3 is 4.42 Å². The van der Waals surface area contributed by atoms with Gasteiger partial charge in [-0.25, -0.2) is 4.39 Å². The van der Waals surface area contributed by atoms with Gasteiger partial charge in [-0.2, -0.15) is 0 Å². The average molecular weight is 299 g/mol. The van der Waals surface area contributed by atoms with E-state index in [1.807, 2.05) is 0 Å². The monoisotopic (exact) mass is 299 g/mol. The highest BCUT2D eigenvalue weighted by molar-refractivity contribution is 5.61. The lowest BCUT2D eigenvalue weighted by Gasteiger charge is -1.99. The molecule has 1 heterocycles. The summed E-state index contributed by atoms with van der Waals surface area (Å²) in [7, 11) is 0. The number of aromatic nitrogens is 2. The number of rotatable bonds is 3. The topological polar surface area (TPSA) is 82.1 Å². The quantitative estimate of drug-likeness (QED) is 0.543. The molecule has 0 saturated heterocycles. The lowest BCUT2D eigenvalue weighted by molar-refractivity contribution is -0.385. The molecular formula is C15H10FN3O3. The van der Waals surface area contributed by atoms with Crippen LogP contribution < -0.4 is 0 Å². The van der Waals surface area contributed by atoms with Crippen molar-refractivity contribution in [2.45, 2.75) is 6.92 Å². The Labute approximate surface area is 124 Å². The van der Waals surface area contributed by atoms with E-state index >= 15 is 0 Å². The van der Waals surface area contributed by atoms with Crippen LogP contribution in [0.2, 0.25) is 0 Å². The van der Waals surface area contributed by atoms with Crippen LogP contribution in [0.5, 0.6) is 0 Å². The molecule has 0 bridgehead atoms. The van der Waals surface area contributed by atoms with Gasteiger partial charge in [0.25, 0.3) is 5.69 Å². The molecule has 0 atom stereocenters. The van der Waals surface area contributed by atoms with Crippen LogP contribution in [0.1, 0.15) is 5.56 Å². The molecule has 7 heteroatoms. The molecule has 0 unspecified atom stereocenters. The summed E-state index contributed by atoms with van der Waals surface area (Å²) >= 11 is 0. The second kappa shape index (κ2) is 5.36. The summed E-state index contributed by atoms with van der Waals surface area (Å²) in [5.74, 6) is 0.151. The van der Waals surface area contributed by atoms with Crippen molar-refractivity contribution in [3.05, 3.63) is 64.0 Å². The molecule has 1 aromatic heterocycles. The zero-order valence-electron chi connectivity index (χ0n) is 11.5. The van der Waals surface area contributed by atoms with Gasteiger partial charge in [-0.3, -0.25) is 10.1 Å². The van der Waals surface area contributed by atoms with E-state index in [1.54, 1.807) is 19.1 Å². The molecule has 0 radical (unpaired) electrons. The van der Waals surface area contributed by atoms with E-state index in [9.17, 15) is 14.5 Å². The minimum absolute atomic E-state index is 0.0297. The summed E-state index contributed by atoms with van der Waals surface area (Å²) in [6.45, 7) is 1.64. The maximum atomic E-state index is 12.9. The van der Waals surface area contributed by atoms with Gasteiger partial charge in [0.1, 0.15) is 5.82 Å².